The minimum Gasteiger partial charge on any atom is -0.436 e. The van der Waals surface area contributed by atoms with Crippen LogP contribution in [-0.4, -0.2) is 32.4 Å². The summed E-state index contributed by atoms with van der Waals surface area (Å²) in [4.78, 5) is 16.2. The lowest BCUT2D eigenvalue weighted by Gasteiger charge is -2.08. The van der Waals surface area contributed by atoms with E-state index in [-0.39, 0.29) is 23.7 Å². The van der Waals surface area contributed by atoms with Gasteiger partial charge in [0.25, 0.3) is 5.91 Å². The number of nitrogens with zero attached hydrogens (tertiary/aromatic N) is 1. The second kappa shape index (κ2) is 6.90. The van der Waals surface area contributed by atoms with E-state index in [1.54, 1.807) is 19.9 Å². The molecule has 0 fully saturated rings. The average molecular weight is 338 g/mol. The molecule has 0 unspecified atom stereocenters. The van der Waals surface area contributed by atoms with Crippen LogP contribution in [0, 0.1) is 13.8 Å². The number of aromatic nitrogens is 1. The van der Waals surface area contributed by atoms with Gasteiger partial charge in [0.15, 0.2) is 5.89 Å². The standard InChI is InChI=1S/C14H18N4O4S/c1-9-13(22-10(2)17-9)14(19)18-11-4-3-5-12(8-11)23(20,21)16-7-6-15/h3-5,8,16H,6-7,15H2,1-2H3,(H,18,19). The SMILES string of the molecule is Cc1nc(C)c(C(=O)Nc2cccc(S(=O)(=O)NCCN)c2)o1. The van der Waals surface area contributed by atoms with Gasteiger partial charge in [-0.25, -0.2) is 18.1 Å². The molecule has 0 aliphatic heterocycles. The third kappa shape index (κ3) is 4.15. The van der Waals surface area contributed by atoms with Gasteiger partial charge in [0.05, 0.1) is 10.6 Å². The molecule has 2 aromatic rings. The summed E-state index contributed by atoms with van der Waals surface area (Å²) in [5, 5.41) is 2.59. The smallest absolute Gasteiger partial charge is 0.293 e. The van der Waals surface area contributed by atoms with Crippen molar-refractivity contribution in [1.29, 1.82) is 0 Å². The maximum Gasteiger partial charge on any atom is 0.293 e. The molecule has 0 saturated heterocycles. The van der Waals surface area contributed by atoms with Gasteiger partial charge in [-0.1, -0.05) is 6.07 Å². The number of oxazole rings is 1. The summed E-state index contributed by atoms with van der Waals surface area (Å²) in [6.45, 7) is 3.62. The summed E-state index contributed by atoms with van der Waals surface area (Å²) < 4.78 is 31.7. The fourth-order valence-electron chi connectivity index (χ4n) is 1.95. The van der Waals surface area contributed by atoms with Crippen molar-refractivity contribution in [1.82, 2.24) is 9.71 Å². The highest BCUT2D eigenvalue weighted by molar-refractivity contribution is 7.89. The van der Waals surface area contributed by atoms with Crippen LogP contribution in [0.25, 0.3) is 0 Å². The van der Waals surface area contributed by atoms with Crippen LogP contribution in [0.2, 0.25) is 0 Å². The molecule has 0 aliphatic rings. The molecule has 4 N–H and O–H groups in total. The van der Waals surface area contributed by atoms with E-state index < -0.39 is 15.9 Å². The molecule has 23 heavy (non-hydrogen) atoms. The van der Waals surface area contributed by atoms with Gasteiger partial charge in [-0.3, -0.25) is 4.79 Å². The first-order chi connectivity index (χ1) is 10.8. The third-order valence-electron chi connectivity index (χ3n) is 2.95. The predicted molar refractivity (Wildman–Crippen MR) is 84.6 cm³/mol. The molecule has 124 valence electrons. The summed E-state index contributed by atoms with van der Waals surface area (Å²) in [6, 6.07) is 5.90. The molecule has 1 amide bonds. The zero-order valence-electron chi connectivity index (χ0n) is 12.8. The van der Waals surface area contributed by atoms with Gasteiger partial charge in [-0.05, 0) is 25.1 Å². The lowest BCUT2D eigenvalue weighted by molar-refractivity contribution is 0.0994. The maximum atomic E-state index is 12.2. The topological polar surface area (TPSA) is 127 Å². The first-order valence-corrected chi connectivity index (χ1v) is 8.37. The van der Waals surface area contributed by atoms with Crippen LogP contribution in [0.3, 0.4) is 0 Å². The molecule has 0 saturated carbocycles. The number of carbonyl (C=O) groups is 1. The lowest BCUT2D eigenvalue weighted by atomic mass is 10.3. The highest BCUT2D eigenvalue weighted by atomic mass is 32.2. The molecule has 1 aromatic heterocycles. The Bertz CT molecular complexity index is 814. The van der Waals surface area contributed by atoms with Crippen LogP contribution in [0.1, 0.15) is 22.1 Å². The highest BCUT2D eigenvalue weighted by Crippen LogP contribution is 2.17. The van der Waals surface area contributed by atoms with Gasteiger partial charge in [-0.2, -0.15) is 0 Å². The van der Waals surface area contributed by atoms with E-state index in [4.69, 9.17) is 10.2 Å². The van der Waals surface area contributed by atoms with Crippen molar-refractivity contribution in [2.75, 3.05) is 18.4 Å². The van der Waals surface area contributed by atoms with Crippen molar-refractivity contribution in [2.45, 2.75) is 18.7 Å². The zero-order valence-corrected chi connectivity index (χ0v) is 13.6. The molecule has 1 heterocycles. The van der Waals surface area contributed by atoms with Gasteiger partial charge in [0.2, 0.25) is 15.8 Å². The summed E-state index contributed by atoms with van der Waals surface area (Å²) in [6.07, 6.45) is 0. The number of amides is 1. The molecular weight excluding hydrogens is 320 g/mol. The number of benzene rings is 1. The fourth-order valence-corrected chi connectivity index (χ4v) is 3.04. The summed E-state index contributed by atoms with van der Waals surface area (Å²) >= 11 is 0. The summed E-state index contributed by atoms with van der Waals surface area (Å²) in [7, 11) is -3.67. The molecule has 0 aliphatic carbocycles. The Morgan fingerprint density at radius 1 is 1.35 bits per heavy atom. The Labute approximate surface area is 134 Å². The molecule has 2 rings (SSSR count). The summed E-state index contributed by atoms with van der Waals surface area (Å²) in [5.74, 6) is -0.0143. The first-order valence-electron chi connectivity index (χ1n) is 6.88. The van der Waals surface area contributed by atoms with Crippen molar-refractivity contribution < 1.29 is 17.6 Å². The fraction of sp³-hybridized carbons (Fsp3) is 0.286. The van der Waals surface area contributed by atoms with Crippen LogP contribution in [0.4, 0.5) is 5.69 Å². The lowest BCUT2D eigenvalue weighted by Crippen LogP contribution is -2.29. The van der Waals surface area contributed by atoms with Crippen LogP contribution < -0.4 is 15.8 Å². The van der Waals surface area contributed by atoms with E-state index in [0.29, 0.717) is 17.3 Å². The molecule has 0 bridgehead atoms. The van der Waals surface area contributed by atoms with E-state index in [1.807, 2.05) is 0 Å². The normalized spacial score (nSPS) is 11.4. The maximum absolute atomic E-state index is 12.2. The van der Waals surface area contributed by atoms with Crippen LogP contribution in [0.15, 0.2) is 33.6 Å². The predicted octanol–water partition coefficient (Wildman–Crippen LogP) is 0.781. The average Bonchev–Trinajstić information content (AvgIpc) is 2.84. The van der Waals surface area contributed by atoms with Crippen LogP contribution in [-0.2, 0) is 10.0 Å². The van der Waals surface area contributed by atoms with Crippen molar-refractivity contribution in [3.63, 3.8) is 0 Å². The Balaban J connectivity index is 2.20. The minimum absolute atomic E-state index is 0.0363. The van der Waals surface area contributed by atoms with Gasteiger partial charge in [-0.15, -0.1) is 0 Å². The number of hydrogen-bond donors (Lipinski definition) is 3. The monoisotopic (exact) mass is 338 g/mol. The van der Waals surface area contributed by atoms with Gasteiger partial charge >= 0.3 is 0 Å². The van der Waals surface area contributed by atoms with Crippen molar-refractivity contribution in [3.8, 4) is 0 Å². The second-order valence-electron chi connectivity index (χ2n) is 4.82. The quantitative estimate of drug-likeness (QED) is 0.714. The first kappa shape index (κ1) is 17.1. The largest absolute Gasteiger partial charge is 0.436 e. The number of carbonyl (C=O) groups excluding carboxylic acids is 1. The Hall–Kier alpha value is -2.23. The van der Waals surface area contributed by atoms with Crippen molar-refractivity contribution in [2.24, 2.45) is 5.73 Å². The van der Waals surface area contributed by atoms with E-state index in [1.165, 1.54) is 18.2 Å². The molecule has 1 aromatic carbocycles. The molecule has 8 nitrogen and oxygen atoms in total. The van der Waals surface area contributed by atoms with E-state index >= 15 is 0 Å². The van der Waals surface area contributed by atoms with E-state index in [0.717, 1.165) is 0 Å². The highest BCUT2D eigenvalue weighted by Gasteiger charge is 2.18. The second-order valence-corrected chi connectivity index (χ2v) is 6.58. The van der Waals surface area contributed by atoms with Crippen molar-refractivity contribution in [3.05, 3.63) is 41.6 Å². The molecule has 0 radical (unpaired) electrons. The van der Waals surface area contributed by atoms with Gasteiger partial charge < -0.3 is 15.5 Å². The summed E-state index contributed by atoms with van der Waals surface area (Å²) in [5.41, 5.74) is 6.09. The zero-order chi connectivity index (χ0) is 17.0. The molecule has 0 spiro atoms. The number of nitrogens with one attached hydrogen (secondary N) is 2. The molecular formula is C14H18N4O4S. The Kier molecular flexibility index (Phi) is 5.14. The Morgan fingerprint density at radius 2 is 2.09 bits per heavy atom. The number of hydrogen-bond acceptors (Lipinski definition) is 6. The van der Waals surface area contributed by atoms with Gasteiger partial charge in [0, 0.05) is 25.7 Å². The van der Waals surface area contributed by atoms with E-state index in [2.05, 4.69) is 15.0 Å². The third-order valence-corrected chi connectivity index (χ3v) is 4.41. The number of aryl methyl sites for hydroxylation is 2. The van der Waals surface area contributed by atoms with Gasteiger partial charge in [0.1, 0.15) is 0 Å². The number of nitrogens with two attached hydrogens (primary N) is 1. The number of rotatable bonds is 6. The van der Waals surface area contributed by atoms with Crippen LogP contribution in [0.5, 0.6) is 0 Å². The number of sulfonamides is 1. The Morgan fingerprint density at radius 3 is 2.70 bits per heavy atom. The molecule has 9 heteroatoms. The number of anilines is 1. The minimum atomic E-state index is -3.67. The van der Waals surface area contributed by atoms with E-state index in [9.17, 15) is 13.2 Å². The van der Waals surface area contributed by atoms with Crippen LogP contribution >= 0.6 is 0 Å². The van der Waals surface area contributed by atoms with Crippen molar-refractivity contribution >= 4 is 21.6 Å². The molecule has 0 atom stereocenters.